The van der Waals surface area contributed by atoms with E-state index in [-0.39, 0.29) is 49.6 Å². The summed E-state index contributed by atoms with van der Waals surface area (Å²) in [5.41, 5.74) is 6.18. The Morgan fingerprint density at radius 3 is 2.44 bits per heavy atom. The molecule has 0 bridgehead atoms. The maximum absolute atomic E-state index is 14.1. The van der Waals surface area contributed by atoms with Crippen LogP contribution in [0.25, 0.3) is 10.4 Å². The number of thiazole rings is 2. The van der Waals surface area contributed by atoms with E-state index in [9.17, 15) is 29.1 Å². The predicted molar refractivity (Wildman–Crippen MR) is 289 cm³/mol. The first-order valence-corrected chi connectivity index (χ1v) is 27.1. The van der Waals surface area contributed by atoms with Gasteiger partial charge in [0.05, 0.1) is 44.8 Å². The molecule has 2 fully saturated rings. The third-order valence-corrected chi connectivity index (χ3v) is 15.3. The molecule has 0 aliphatic carbocycles. The number of nitrogens with zero attached hydrogens (tertiary/aromatic N) is 10. The van der Waals surface area contributed by atoms with E-state index in [1.807, 2.05) is 101 Å². The lowest BCUT2D eigenvalue weighted by molar-refractivity contribution is -0.144. The number of amides is 5. The first-order valence-electron chi connectivity index (χ1n) is 25.0. The average molecular weight is 1080 g/mol. The van der Waals surface area contributed by atoms with Crippen molar-refractivity contribution in [3.8, 4) is 10.4 Å². The lowest BCUT2D eigenvalue weighted by atomic mass is 9.85. The quantitative estimate of drug-likeness (QED) is 0.0583. The molecule has 23 heteroatoms. The van der Waals surface area contributed by atoms with E-state index in [0.29, 0.717) is 90.8 Å². The van der Waals surface area contributed by atoms with Crippen LogP contribution in [-0.2, 0) is 38.7 Å². The van der Waals surface area contributed by atoms with Crippen LogP contribution < -0.4 is 26.2 Å². The van der Waals surface area contributed by atoms with Crippen LogP contribution in [0.15, 0.2) is 66.4 Å². The number of rotatable bonds is 19. The molecule has 0 unspecified atom stereocenters. The Hall–Kier alpha value is -6.88. The highest BCUT2D eigenvalue weighted by Gasteiger charge is 2.44. The van der Waals surface area contributed by atoms with Crippen LogP contribution in [0.4, 0.5) is 22.5 Å². The predicted octanol–water partition coefficient (Wildman–Crippen LogP) is 6.48. The van der Waals surface area contributed by atoms with Gasteiger partial charge in [-0.2, -0.15) is 0 Å². The first-order chi connectivity index (χ1) is 35.9. The SMILES string of the molecule is Cc1nc(Nc2ncc(C(=O)Nc3c(C)cccc3Cl)s2)cc(N2CCN(C(=O)CCCc3cn(CCCC(=O)N[C@H](C(=O)N4C[C@H](O)C[C@H]4C(=O)NCc4ccc(-c5scnc5C)cc4)C(C)(C)C)nn3)CC2)n1. The number of hydrogen-bond acceptors (Lipinski definition) is 16. The highest BCUT2D eigenvalue weighted by atomic mass is 35.5. The fraction of sp³-hybridized carbons (Fsp3) is 0.442. The molecular weight excluding hydrogens is 1020 g/mol. The van der Waals surface area contributed by atoms with E-state index in [1.54, 1.807) is 22.1 Å². The Balaban J connectivity index is 0.739. The van der Waals surface area contributed by atoms with Gasteiger partial charge in [0.25, 0.3) is 5.91 Å². The Labute approximate surface area is 448 Å². The molecule has 6 aromatic rings. The standard InChI is InChI=1S/C52H63ClN14O6S2/c1-31-10-7-12-38(53)45(31)61-49(72)40-27-55-51(75-40)59-41-25-42(58-33(3)57-41)64-20-22-65(23-21-64)44(70)14-8-11-36-28-66(63-62-36)19-9-13-43(69)60-47(52(4,5)6)50(73)67-29-37(68)24-39(67)48(71)54-26-34-15-17-35(18-16-34)46-32(2)56-30-74-46/h7,10,12,15-18,25,27-28,30,37,39,47,68H,8-9,11,13-14,19-24,26,29H2,1-6H3,(H,54,71)(H,60,69)(H,61,72)(H,55,57,58,59)/t37-,39+,47-/m1/s1. The summed E-state index contributed by atoms with van der Waals surface area (Å²) >= 11 is 9.07. The fourth-order valence-electron chi connectivity index (χ4n) is 9.03. The fourth-order valence-corrected chi connectivity index (χ4v) is 10.8. The zero-order valence-electron chi connectivity index (χ0n) is 42.9. The van der Waals surface area contributed by atoms with Crippen molar-refractivity contribution in [2.45, 2.75) is 111 Å². The molecule has 5 N–H and O–H groups in total. The molecule has 0 radical (unpaired) electrons. The molecule has 2 saturated heterocycles. The Morgan fingerprint density at radius 1 is 0.947 bits per heavy atom. The van der Waals surface area contributed by atoms with Crippen LogP contribution in [-0.4, -0.2) is 130 Å². The number of carbonyl (C=O) groups excluding carboxylic acids is 5. The van der Waals surface area contributed by atoms with Crippen molar-refractivity contribution in [3.63, 3.8) is 0 Å². The minimum Gasteiger partial charge on any atom is -0.391 e. The summed E-state index contributed by atoms with van der Waals surface area (Å²) in [7, 11) is 0. The van der Waals surface area contributed by atoms with E-state index < -0.39 is 29.5 Å². The van der Waals surface area contributed by atoms with Crippen molar-refractivity contribution >= 4 is 86.3 Å². The largest absolute Gasteiger partial charge is 0.391 e. The number of aryl methyl sites for hydroxylation is 5. The van der Waals surface area contributed by atoms with Crippen LogP contribution >= 0.6 is 34.3 Å². The summed E-state index contributed by atoms with van der Waals surface area (Å²) in [6, 6.07) is 13.3. The molecule has 20 nitrogen and oxygen atoms in total. The van der Waals surface area contributed by atoms with Crippen LogP contribution in [0.2, 0.25) is 5.02 Å². The van der Waals surface area contributed by atoms with Crippen molar-refractivity contribution in [1.82, 2.24) is 55.4 Å². The summed E-state index contributed by atoms with van der Waals surface area (Å²) in [6.45, 7) is 14.2. The maximum atomic E-state index is 14.1. The monoisotopic (exact) mass is 1080 g/mol. The average Bonchev–Trinajstić information content (AvgIpc) is 4.22. The lowest BCUT2D eigenvalue weighted by Gasteiger charge is -2.35. The summed E-state index contributed by atoms with van der Waals surface area (Å²) in [6.07, 6.45) is 4.64. The van der Waals surface area contributed by atoms with Crippen molar-refractivity contribution in [2.75, 3.05) is 48.3 Å². The summed E-state index contributed by atoms with van der Waals surface area (Å²) in [4.78, 5) is 92.0. The Bertz CT molecular complexity index is 2980. The van der Waals surface area contributed by atoms with Gasteiger partial charge in [-0.15, -0.1) is 16.4 Å². The smallest absolute Gasteiger partial charge is 0.267 e. The zero-order chi connectivity index (χ0) is 53.4. The number of benzene rings is 2. The Kier molecular flexibility index (Phi) is 17.5. The van der Waals surface area contributed by atoms with Gasteiger partial charge in [-0.1, -0.05) is 85.3 Å². The third kappa shape index (κ3) is 14.1. The molecular formula is C52H63ClN14O6S2. The van der Waals surface area contributed by atoms with E-state index in [4.69, 9.17) is 11.6 Å². The number of aliphatic hydroxyl groups is 1. The summed E-state index contributed by atoms with van der Waals surface area (Å²) in [5, 5.41) is 32.1. The van der Waals surface area contributed by atoms with E-state index in [2.05, 4.69) is 56.4 Å². The molecule has 75 heavy (non-hydrogen) atoms. The molecule has 0 spiro atoms. The third-order valence-electron chi connectivity index (χ3n) is 13.1. The van der Waals surface area contributed by atoms with Crippen molar-refractivity contribution in [3.05, 3.63) is 105 Å². The van der Waals surface area contributed by atoms with E-state index in [1.165, 1.54) is 22.4 Å². The second kappa shape index (κ2) is 24.2. The van der Waals surface area contributed by atoms with Gasteiger partial charge in [0.2, 0.25) is 23.6 Å². The van der Waals surface area contributed by atoms with Gasteiger partial charge in [-0.3, -0.25) is 28.7 Å². The number of para-hydroxylation sites is 1. The normalized spacial score (nSPS) is 16.2. The highest BCUT2D eigenvalue weighted by molar-refractivity contribution is 7.17. The number of nitrogens with one attached hydrogen (secondary N) is 4. The van der Waals surface area contributed by atoms with Crippen LogP contribution in [0.3, 0.4) is 0 Å². The first kappa shape index (κ1) is 54.4. The number of piperazine rings is 1. The number of aromatic nitrogens is 7. The molecule has 6 heterocycles. The van der Waals surface area contributed by atoms with Crippen molar-refractivity contribution in [1.29, 1.82) is 0 Å². The molecule has 5 amide bonds. The molecule has 8 rings (SSSR count). The number of carbonyl (C=O) groups is 5. The van der Waals surface area contributed by atoms with E-state index >= 15 is 0 Å². The molecule has 2 aliphatic rings. The van der Waals surface area contributed by atoms with Gasteiger partial charge in [-0.25, -0.2) is 19.9 Å². The van der Waals surface area contributed by atoms with Gasteiger partial charge in [-0.05, 0) is 68.2 Å². The minimum absolute atomic E-state index is 0.0113. The number of aliphatic hydroxyl groups excluding tert-OH is 1. The molecule has 396 valence electrons. The topological polar surface area (TPSA) is 246 Å². The Morgan fingerprint density at radius 2 is 1.72 bits per heavy atom. The number of halogens is 1. The second-order valence-corrected chi connectivity index (χ2v) is 22.2. The highest BCUT2D eigenvalue weighted by Crippen LogP contribution is 2.31. The zero-order valence-corrected chi connectivity index (χ0v) is 45.3. The number of β-amino-alcohol motifs (C(OH)–C–C–N with tert-alkyl or cyclic N) is 1. The number of likely N-dealkylation sites (tertiary alicyclic amines) is 1. The minimum atomic E-state index is -0.934. The van der Waals surface area contributed by atoms with Gasteiger partial charge in [0.15, 0.2) is 5.13 Å². The van der Waals surface area contributed by atoms with Crippen LogP contribution in [0.1, 0.15) is 90.9 Å². The number of hydrogen-bond donors (Lipinski definition) is 5. The summed E-state index contributed by atoms with van der Waals surface area (Å²) < 4.78 is 1.67. The molecule has 0 saturated carbocycles. The van der Waals surface area contributed by atoms with Crippen LogP contribution in [0, 0.1) is 26.2 Å². The summed E-state index contributed by atoms with van der Waals surface area (Å²) in [5.74, 6) is 0.475. The molecule has 2 aromatic carbocycles. The maximum Gasteiger partial charge on any atom is 0.267 e. The van der Waals surface area contributed by atoms with Crippen molar-refractivity contribution in [2.24, 2.45) is 5.41 Å². The van der Waals surface area contributed by atoms with E-state index in [0.717, 1.165) is 38.8 Å². The lowest BCUT2D eigenvalue weighted by Crippen LogP contribution is -2.57. The molecule has 3 atom stereocenters. The van der Waals surface area contributed by atoms with Gasteiger partial charge >= 0.3 is 0 Å². The molecule has 2 aliphatic heterocycles. The molecule has 4 aromatic heterocycles. The van der Waals surface area contributed by atoms with Gasteiger partial charge < -0.3 is 41.1 Å². The van der Waals surface area contributed by atoms with Crippen molar-refractivity contribution < 1.29 is 29.1 Å². The van der Waals surface area contributed by atoms with Crippen LogP contribution in [0.5, 0.6) is 0 Å². The van der Waals surface area contributed by atoms with Gasteiger partial charge in [0.1, 0.15) is 34.4 Å². The number of anilines is 4. The second-order valence-electron chi connectivity index (χ2n) is 19.9. The van der Waals surface area contributed by atoms with Gasteiger partial charge in [0, 0.05) is 77.3 Å².